The summed E-state index contributed by atoms with van der Waals surface area (Å²) in [5.74, 6) is -0.443. The summed E-state index contributed by atoms with van der Waals surface area (Å²) in [4.78, 5) is 16.6. The predicted molar refractivity (Wildman–Crippen MR) is 62.2 cm³/mol. The molecule has 2 unspecified atom stereocenters. The van der Waals surface area contributed by atoms with Crippen LogP contribution in [0.3, 0.4) is 0 Å². The molecule has 0 aliphatic rings. The first-order chi connectivity index (χ1) is 7.61. The second kappa shape index (κ2) is 6.25. The van der Waals surface area contributed by atoms with Crippen molar-refractivity contribution in [3.8, 4) is 0 Å². The molecule has 0 saturated carbocycles. The Morgan fingerprint density at radius 1 is 1.38 bits per heavy atom. The van der Waals surface area contributed by atoms with Crippen molar-refractivity contribution in [2.24, 2.45) is 11.7 Å². The molecule has 0 saturated heterocycles. The van der Waals surface area contributed by atoms with Gasteiger partial charge in [-0.05, 0) is 12.5 Å². The minimum atomic E-state index is -0.254. The number of hydroxylamine groups is 1. The average molecular weight is 222 g/mol. The molecular weight excluding hydrogens is 204 g/mol. The minimum absolute atomic E-state index is 0.180. The first kappa shape index (κ1) is 12.7. The molecule has 0 aliphatic heterocycles. The number of nitrogens with one attached hydrogen (secondary N) is 1. The van der Waals surface area contributed by atoms with Crippen molar-refractivity contribution in [2.45, 2.75) is 26.5 Å². The first-order valence-corrected chi connectivity index (χ1v) is 5.32. The Bertz CT molecular complexity index is 325. The highest BCUT2D eigenvalue weighted by atomic mass is 16.6. The van der Waals surface area contributed by atoms with Gasteiger partial charge in [-0.2, -0.15) is 0 Å². The number of benzene rings is 1. The van der Waals surface area contributed by atoms with Gasteiger partial charge < -0.3 is 5.73 Å². The Labute approximate surface area is 95.7 Å². The highest BCUT2D eigenvalue weighted by Gasteiger charge is 2.16. The van der Waals surface area contributed by atoms with E-state index in [-0.39, 0.29) is 17.9 Å². The molecule has 2 atom stereocenters. The number of nitrogens with two attached hydrogens (primary N) is 1. The predicted octanol–water partition coefficient (Wildman–Crippen LogP) is 1.22. The Morgan fingerprint density at radius 3 is 2.56 bits per heavy atom. The lowest BCUT2D eigenvalue weighted by molar-refractivity contribution is -0.138. The monoisotopic (exact) mass is 222 g/mol. The van der Waals surface area contributed by atoms with Gasteiger partial charge >= 0.3 is 0 Å². The summed E-state index contributed by atoms with van der Waals surface area (Å²) >= 11 is 0. The molecule has 0 bridgehead atoms. The molecule has 4 nitrogen and oxygen atoms in total. The molecule has 1 aromatic rings. The molecule has 0 aromatic heterocycles. The summed E-state index contributed by atoms with van der Waals surface area (Å²) in [6.45, 7) is 3.92. The van der Waals surface area contributed by atoms with Crippen molar-refractivity contribution >= 4 is 5.91 Å². The van der Waals surface area contributed by atoms with Gasteiger partial charge in [-0.1, -0.05) is 37.3 Å². The molecular formula is C12H18N2O2. The van der Waals surface area contributed by atoms with Gasteiger partial charge in [-0.3, -0.25) is 9.63 Å². The smallest absolute Gasteiger partial charge is 0.247 e. The van der Waals surface area contributed by atoms with Crippen LogP contribution in [0.2, 0.25) is 0 Å². The number of carbonyl (C=O) groups is 1. The fourth-order valence-corrected chi connectivity index (χ4v) is 1.10. The molecule has 88 valence electrons. The highest BCUT2D eigenvalue weighted by Crippen LogP contribution is 2.01. The van der Waals surface area contributed by atoms with Gasteiger partial charge in [-0.25, -0.2) is 5.48 Å². The quantitative estimate of drug-likeness (QED) is 0.736. The Balaban J connectivity index is 2.28. The number of hydrogen-bond acceptors (Lipinski definition) is 3. The van der Waals surface area contributed by atoms with Gasteiger partial charge in [0.2, 0.25) is 5.91 Å². The molecule has 3 N–H and O–H groups in total. The van der Waals surface area contributed by atoms with Gasteiger partial charge in [0.1, 0.15) is 0 Å². The summed E-state index contributed by atoms with van der Waals surface area (Å²) in [5.41, 5.74) is 9.01. The molecule has 0 fully saturated rings. The van der Waals surface area contributed by atoms with E-state index in [0.29, 0.717) is 6.61 Å². The SMILES string of the molecule is CC(N)C(C)C(=O)NOCc1ccccc1. The lowest BCUT2D eigenvalue weighted by atomic mass is 10.0. The molecule has 0 spiro atoms. The maximum absolute atomic E-state index is 11.5. The standard InChI is InChI=1S/C12H18N2O2/c1-9(10(2)13)12(15)14-16-8-11-6-4-3-5-7-11/h3-7,9-10H,8,13H2,1-2H3,(H,14,15). The van der Waals surface area contributed by atoms with Crippen molar-refractivity contribution in [1.82, 2.24) is 5.48 Å². The number of rotatable bonds is 5. The van der Waals surface area contributed by atoms with Crippen molar-refractivity contribution in [2.75, 3.05) is 0 Å². The zero-order valence-electron chi connectivity index (χ0n) is 9.64. The summed E-state index contributed by atoms with van der Waals surface area (Å²) in [6, 6.07) is 9.46. The van der Waals surface area contributed by atoms with E-state index < -0.39 is 0 Å². The second-order valence-electron chi connectivity index (χ2n) is 3.89. The van der Waals surface area contributed by atoms with E-state index in [1.54, 1.807) is 13.8 Å². The van der Waals surface area contributed by atoms with E-state index in [4.69, 9.17) is 10.6 Å². The van der Waals surface area contributed by atoms with Crippen LogP contribution in [-0.2, 0) is 16.2 Å². The molecule has 16 heavy (non-hydrogen) atoms. The lowest BCUT2D eigenvalue weighted by Gasteiger charge is -2.14. The van der Waals surface area contributed by atoms with Crippen LogP contribution < -0.4 is 11.2 Å². The van der Waals surface area contributed by atoms with Crippen molar-refractivity contribution < 1.29 is 9.63 Å². The topological polar surface area (TPSA) is 64.4 Å². The van der Waals surface area contributed by atoms with E-state index in [1.165, 1.54) is 0 Å². The molecule has 0 aliphatic carbocycles. The van der Waals surface area contributed by atoms with Crippen LogP contribution in [0.25, 0.3) is 0 Å². The average Bonchev–Trinajstić information content (AvgIpc) is 2.29. The van der Waals surface area contributed by atoms with Crippen LogP contribution in [0.15, 0.2) is 30.3 Å². The third-order valence-electron chi connectivity index (χ3n) is 2.46. The van der Waals surface area contributed by atoms with E-state index in [2.05, 4.69) is 5.48 Å². The molecule has 1 amide bonds. The largest absolute Gasteiger partial charge is 0.327 e. The third kappa shape index (κ3) is 4.00. The summed E-state index contributed by atoms with van der Waals surface area (Å²) in [5, 5.41) is 0. The van der Waals surface area contributed by atoms with Crippen molar-refractivity contribution in [1.29, 1.82) is 0 Å². The molecule has 0 heterocycles. The van der Waals surface area contributed by atoms with Gasteiger partial charge in [0.15, 0.2) is 0 Å². The van der Waals surface area contributed by atoms with Gasteiger partial charge in [0, 0.05) is 6.04 Å². The second-order valence-corrected chi connectivity index (χ2v) is 3.89. The van der Waals surface area contributed by atoms with E-state index >= 15 is 0 Å². The third-order valence-corrected chi connectivity index (χ3v) is 2.46. The van der Waals surface area contributed by atoms with Crippen molar-refractivity contribution in [3.63, 3.8) is 0 Å². The molecule has 1 rings (SSSR count). The Morgan fingerprint density at radius 2 is 2.00 bits per heavy atom. The van der Waals surface area contributed by atoms with E-state index in [1.807, 2.05) is 30.3 Å². The first-order valence-electron chi connectivity index (χ1n) is 5.32. The summed E-state index contributed by atoms with van der Waals surface area (Å²) < 4.78 is 0. The maximum atomic E-state index is 11.5. The van der Waals surface area contributed by atoms with Gasteiger partial charge in [-0.15, -0.1) is 0 Å². The van der Waals surface area contributed by atoms with Crippen LogP contribution in [0.4, 0.5) is 0 Å². The number of hydrogen-bond donors (Lipinski definition) is 2. The van der Waals surface area contributed by atoms with Crippen LogP contribution >= 0.6 is 0 Å². The normalized spacial score (nSPS) is 14.2. The van der Waals surface area contributed by atoms with Crippen molar-refractivity contribution in [3.05, 3.63) is 35.9 Å². The summed E-state index contributed by atoms with van der Waals surface area (Å²) in [6.07, 6.45) is 0. The fourth-order valence-electron chi connectivity index (χ4n) is 1.10. The number of carbonyl (C=O) groups excluding carboxylic acids is 1. The van der Waals surface area contributed by atoms with Gasteiger partial charge in [0.25, 0.3) is 0 Å². The van der Waals surface area contributed by atoms with Crippen LogP contribution in [0.5, 0.6) is 0 Å². The maximum Gasteiger partial charge on any atom is 0.247 e. The van der Waals surface area contributed by atoms with Crippen LogP contribution in [-0.4, -0.2) is 11.9 Å². The van der Waals surface area contributed by atoms with Crippen LogP contribution in [0.1, 0.15) is 19.4 Å². The Kier molecular flexibility index (Phi) is 4.95. The lowest BCUT2D eigenvalue weighted by Crippen LogP contribution is -2.38. The van der Waals surface area contributed by atoms with Crippen LogP contribution in [0, 0.1) is 5.92 Å². The van der Waals surface area contributed by atoms with E-state index in [9.17, 15) is 4.79 Å². The Hall–Kier alpha value is -1.39. The number of amides is 1. The zero-order chi connectivity index (χ0) is 12.0. The van der Waals surface area contributed by atoms with Gasteiger partial charge in [0.05, 0.1) is 12.5 Å². The summed E-state index contributed by atoms with van der Waals surface area (Å²) in [7, 11) is 0. The zero-order valence-corrected chi connectivity index (χ0v) is 9.64. The molecule has 0 radical (unpaired) electrons. The fraction of sp³-hybridized carbons (Fsp3) is 0.417. The van der Waals surface area contributed by atoms with E-state index in [0.717, 1.165) is 5.56 Å². The minimum Gasteiger partial charge on any atom is -0.327 e. The molecule has 1 aromatic carbocycles. The molecule has 4 heteroatoms. The highest BCUT2D eigenvalue weighted by molar-refractivity contribution is 5.77.